The average Bonchev–Trinajstić information content (AvgIpc) is 2.61. The first kappa shape index (κ1) is 10.2. The highest BCUT2D eigenvalue weighted by Gasteiger charge is 2.33. The molecule has 0 aliphatic carbocycles. The maximum absolute atomic E-state index is 11.1. The third kappa shape index (κ3) is 1.64. The molecule has 0 saturated carbocycles. The third-order valence-corrected chi connectivity index (χ3v) is 3.08. The van der Waals surface area contributed by atoms with Crippen molar-refractivity contribution in [3.63, 3.8) is 0 Å². The summed E-state index contributed by atoms with van der Waals surface area (Å²) in [6.45, 7) is 4.37. The van der Waals surface area contributed by atoms with Gasteiger partial charge in [-0.25, -0.2) is 4.98 Å². The topological polar surface area (TPSA) is 55.1 Å². The van der Waals surface area contributed by atoms with Gasteiger partial charge in [0, 0.05) is 19.2 Å². The fraction of sp³-hybridized carbons (Fsp3) is 0.636. The summed E-state index contributed by atoms with van der Waals surface area (Å²) in [6.07, 6.45) is 5.18. The molecule has 0 unspecified atom stereocenters. The third-order valence-electron chi connectivity index (χ3n) is 3.08. The maximum Gasteiger partial charge on any atom is 0.315 e. The first-order chi connectivity index (χ1) is 7.01. The monoisotopic (exact) mass is 208 g/mol. The van der Waals surface area contributed by atoms with Crippen LogP contribution in [0.4, 0.5) is 0 Å². The van der Waals surface area contributed by atoms with Gasteiger partial charge < -0.3 is 9.67 Å². The quantitative estimate of drug-likeness (QED) is 0.802. The summed E-state index contributed by atoms with van der Waals surface area (Å²) >= 11 is 0. The Balaban J connectivity index is 2.37. The Morgan fingerprint density at radius 1 is 1.53 bits per heavy atom. The summed E-state index contributed by atoms with van der Waals surface area (Å²) in [5.41, 5.74) is -0.212. The van der Waals surface area contributed by atoms with Crippen LogP contribution < -0.4 is 0 Å². The lowest BCUT2D eigenvalue weighted by molar-refractivity contribution is -0.142. The number of carbonyl (C=O) groups is 1. The molecule has 1 aliphatic heterocycles. The largest absolute Gasteiger partial charge is 0.481 e. The van der Waals surface area contributed by atoms with Crippen molar-refractivity contribution in [1.29, 1.82) is 0 Å². The van der Waals surface area contributed by atoms with Crippen LogP contribution in [-0.4, -0.2) is 20.6 Å². The van der Waals surface area contributed by atoms with Gasteiger partial charge in [0.25, 0.3) is 0 Å². The molecule has 1 aromatic heterocycles. The number of rotatable bonds is 2. The van der Waals surface area contributed by atoms with Gasteiger partial charge in [0.1, 0.15) is 11.2 Å². The number of nitrogens with zero attached hydrogens (tertiary/aromatic N) is 2. The van der Waals surface area contributed by atoms with Crippen molar-refractivity contribution in [3.05, 3.63) is 17.7 Å². The Bertz CT molecular complexity index is 370. The number of carboxylic acids is 1. The van der Waals surface area contributed by atoms with Crippen LogP contribution >= 0.6 is 0 Å². The lowest BCUT2D eigenvalue weighted by Crippen LogP contribution is -2.28. The van der Waals surface area contributed by atoms with E-state index < -0.39 is 11.4 Å². The Morgan fingerprint density at radius 2 is 2.27 bits per heavy atom. The van der Waals surface area contributed by atoms with E-state index >= 15 is 0 Å². The number of imidazole rings is 1. The molecule has 0 aromatic carbocycles. The van der Waals surface area contributed by atoms with E-state index in [0.29, 0.717) is 5.69 Å². The number of carboxylic acid groups (broad SMARTS) is 1. The number of hydrogen-bond donors (Lipinski definition) is 1. The van der Waals surface area contributed by atoms with Crippen LogP contribution in [0.5, 0.6) is 0 Å². The van der Waals surface area contributed by atoms with Crippen molar-refractivity contribution in [2.24, 2.45) is 0 Å². The number of aryl methyl sites for hydroxylation is 2. The molecule has 0 fully saturated rings. The first-order valence-corrected chi connectivity index (χ1v) is 5.32. The Kier molecular flexibility index (Phi) is 2.29. The van der Waals surface area contributed by atoms with Crippen LogP contribution in [0.25, 0.3) is 0 Å². The van der Waals surface area contributed by atoms with Gasteiger partial charge in [-0.3, -0.25) is 4.79 Å². The average molecular weight is 208 g/mol. The van der Waals surface area contributed by atoms with Crippen molar-refractivity contribution in [2.45, 2.75) is 45.1 Å². The van der Waals surface area contributed by atoms with Gasteiger partial charge >= 0.3 is 5.97 Å². The molecular weight excluding hydrogens is 192 g/mol. The smallest absolute Gasteiger partial charge is 0.315 e. The van der Waals surface area contributed by atoms with Gasteiger partial charge in [0.2, 0.25) is 0 Å². The predicted molar refractivity (Wildman–Crippen MR) is 55.8 cm³/mol. The van der Waals surface area contributed by atoms with Crippen molar-refractivity contribution in [1.82, 2.24) is 9.55 Å². The highest BCUT2D eigenvalue weighted by Crippen LogP contribution is 2.25. The van der Waals surface area contributed by atoms with E-state index in [2.05, 4.69) is 9.55 Å². The summed E-state index contributed by atoms with van der Waals surface area (Å²) < 4.78 is 2.09. The number of fused-ring (bicyclic) bond motifs is 1. The molecule has 0 radical (unpaired) electrons. The molecule has 0 spiro atoms. The van der Waals surface area contributed by atoms with E-state index in [4.69, 9.17) is 5.11 Å². The fourth-order valence-corrected chi connectivity index (χ4v) is 1.82. The van der Waals surface area contributed by atoms with Gasteiger partial charge in [0.05, 0.1) is 5.69 Å². The Hall–Kier alpha value is -1.32. The van der Waals surface area contributed by atoms with Gasteiger partial charge in [-0.05, 0) is 26.7 Å². The lowest BCUT2D eigenvalue weighted by Gasteiger charge is -2.15. The molecule has 2 rings (SSSR count). The molecule has 0 bridgehead atoms. The second kappa shape index (κ2) is 3.36. The highest BCUT2D eigenvalue weighted by atomic mass is 16.4. The van der Waals surface area contributed by atoms with Crippen LogP contribution in [0, 0.1) is 0 Å². The zero-order valence-electron chi connectivity index (χ0n) is 9.16. The molecule has 82 valence electrons. The molecule has 4 nitrogen and oxygen atoms in total. The van der Waals surface area contributed by atoms with Gasteiger partial charge in [-0.1, -0.05) is 0 Å². The zero-order chi connectivity index (χ0) is 11.1. The number of aliphatic carboxylic acids is 1. The zero-order valence-corrected chi connectivity index (χ0v) is 9.16. The van der Waals surface area contributed by atoms with Gasteiger partial charge in [0.15, 0.2) is 0 Å². The molecule has 2 heterocycles. The van der Waals surface area contributed by atoms with E-state index in [0.717, 1.165) is 31.6 Å². The summed E-state index contributed by atoms with van der Waals surface area (Å²) in [7, 11) is 0. The highest BCUT2D eigenvalue weighted by molar-refractivity contribution is 5.79. The second-order valence-corrected chi connectivity index (χ2v) is 4.62. The maximum atomic E-state index is 11.1. The molecule has 0 saturated heterocycles. The lowest BCUT2D eigenvalue weighted by atomic mass is 9.90. The molecule has 1 aliphatic rings. The van der Waals surface area contributed by atoms with E-state index in [1.165, 1.54) is 0 Å². The molecule has 1 aromatic rings. The minimum absolute atomic E-state index is 0.673. The summed E-state index contributed by atoms with van der Waals surface area (Å²) in [5, 5.41) is 9.11. The van der Waals surface area contributed by atoms with Crippen molar-refractivity contribution >= 4 is 5.97 Å². The van der Waals surface area contributed by atoms with E-state index in [1.54, 1.807) is 13.8 Å². The van der Waals surface area contributed by atoms with Crippen molar-refractivity contribution in [2.75, 3.05) is 0 Å². The summed E-state index contributed by atoms with van der Waals surface area (Å²) in [5.74, 6) is 0.212. The molecule has 15 heavy (non-hydrogen) atoms. The van der Waals surface area contributed by atoms with Crippen LogP contribution in [0.2, 0.25) is 0 Å². The first-order valence-electron chi connectivity index (χ1n) is 5.32. The predicted octanol–water partition coefficient (Wildman–Crippen LogP) is 1.58. The van der Waals surface area contributed by atoms with Crippen LogP contribution in [0.3, 0.4) is 0 Å². The SMILES string of the molecule is CC(C)(C(=O)O)c1cn2c(n1)CCCC2. The Morgan fingerprint density at radius 3 is 2.87 bits per heavy atom. The van der Waals surface area contributed by atoms with Gasteiger partial charge in [-0.15, -0.1) is 0 Å². The van der Waals surface area contributed by atoms with Crippen LogP contribution in [0.1, 0.15) is 38.2 Å². The molecular formula is C11H16N2O2. The summed E-state index contributed by atoms with van der Waals surface area (Å²) in [6, 6.07) is 0. The van der Waals surface area contributed by atoms with E-state index in [-0.39, 0.29) is 0 Å². The standard InChI is InChI=1S/C11H16N2O2/c1-11(2,10(14)15)8-7-13-6-4-3-5-9(13)12-8/h7H,3-6H2,1-2H3,(H,14,15). The fourth-order valence-electron chi connectivity index (χ4n) is 1.82. The summed E-state index contributed by atoms with van der Waals surface area (Å²) in [4.78, 5) is 15.5. The molecule has 1 N–H and O–H groups in total. The molecule has 4 heteroatoms. The van der Waals surface area contributed by atoms with E-state index in [9.17, 15) is 4.79 Å². The molecule has 0 amide bonds. The molecule has 0 atom stereocenters. The Labute approximate surface area is 88.9 Å². The van der Waals surface area contributed by atoms with Gasteiger partial charge in [-0.2, -0.15) is 0 Å². The number of aromatic nitrogens is 2. The normalized spacial score (nSPS) is 16.1. The van der Waals surface area contributed by atoms with Crippen LogP contribution in [0.15, 0.2) is 6.20 Å². The van der Waals surface area contributed by atoms with E-state index in [1.807, 2.05) is 6.20 Å². The number of hydrogen-bond acceptors (Lipinski definition) is 2. The minimum Gasteiger partial charge on any atom is -0.481 e. The van der Waals surface area contributed by atoms with Crippen LogP contribution in [-0.2, 0) is 23.2 Å². The van der Waals surface area contributed by atoms with Crippen molar-refractivity contribution in [3.8, 4) is 0 Å². The second-order valence-electron chi connectivity index (χ2n) is 4.62. The van der Waals surface area contributed by atoms with Crippen molar-refractivity contribution < 1.29 is 9.90 Å². The minimum atomic E-state index is -0.885.